The Labute approximate surface area is 131 Å². The van der Waals surface area contributed by atoms with Crippen LogP contribution in [0.15, 0.2) is 11.2 Å². The van der Waals surface area contributed by atoms with Gasteiger partial charge in [0.2, 0.25) is 5.91 Å². The lowest BCUT2D eigenvalue weighted by atomic mass is 10.2. The summed E-state index contributed by atoms with van der Waals surface area (Å²) in [7, 11) is 0. The Morgan fingerprint density at radius 2 is 1.90 bits per heavy atom. The molecule has 1 aromatic rings. The molecule has 0 aliphatic heterocycles. The summed E-state index contributed by atoms with van der Waals surface area (Å²) in [6.07, 6.45) is 1.93. The molecular weight excluding hydrogens is 286 g/mol. The van der Waals surface area contributed by atoms with Crippen LogP contribution in [0.1, 0.15) is 27.7 Å². The summed E-state index contributed by atoms with van der Waals surface area (Å²) in [5.74, 6) is 1.51. The lowest BCUT2D eigenvalue weighted by molar-refractivity contribution is -0.131. The molecule has 2 N–H and O–H groups in total. The van der Waals surface area contributed by atoms with Crippen molar-refractivity contribution in [2.45, 2.75) is 38.9 Å². The summed E-state index contributed by atoms with van der Waals surface area (Å²) >= 11 is 1.48. The third-order valence-electron chi connectivity index (χ3n) is 3.06. The van der Waals surface area contributed by atoms with E-state index in [-0.39, 0.29) is 11.9 Å². The first-order valence-corrected chi connectivity index (χ1v) is 8.50. The minimum absolute atomic E-state index is 0.0781. The summed E-state index contributed by atoms with van der Waals surface area (Å²) < 4.78 is 0. The summed E-state index contributed by atoms with van der Waals surface area (Å²) in [5, 5.41) is 7.02. The number of nitrogens with one attached hydrogen (secondary N) is 2. The lowest BCUT2D eigenvalue weighted by Gasteiger charge is -2.24. The van der Waals surface area contributed by atoms with Crippen LogP contribution in [-0.2, 0) is 4.79 Å². The topological polar surface area (TPSA) is 70.2 Å². The van der Waals surface area contributed by atoms with Gasteiger partial charge in [-0.15, -0.1) is 0 Å². The molecule has 1 heterocycles. The number of likely N-dealkylation sites (N-methyl/N-ethyl adjacent to an activating group) is 1. The predicted molar refractivity (Wildman–Crippen MR) is 89.0 cm³/mol. The Bertz CT molecular complexity index is 465. The first kappa shape index (κ1) is 17.6. The van der Waals surface area contributed by atoms with Crippen molar-refractivity contribution in [3.8, 4) is 0 Å². The highest BCUT2D eigenvalue weighted by molar-refractivity contribution is 7.98. The van der Waals surface area contributed by atoms with Gasteiger partial charge in [-0.05, 0) is 34.0 Å². The van der Waals surface area contributed by atoms with Gasteiger partial charge in [-0.1, -0.05) is 11.8 Å². The Morgan fingerprint density at radius 3 is 2.43 bits per heavy atom. The lowest BCUT2D eigenvalue weighted by Crippen LogP contribution is -2.41. The molecule has 1 aromatic heterocycles. The van der Waals surface area contributed by atoms with Crippen LogP contribution in [0.2, 0.25) is 0 Å². The fourth-order valence-electron chi connectivity index (χ4n) is 1.95. The maximum atomic E-state index is 12.3. The van der Waals surface area contributed by atoms with Gasteiger partial charge < -0.3 is 15.5 Å². The monoisotopic (exact) mass is 311 g/mol. The number of hydrogen-bond acceptors (Lipinski definition) is 6. The maximum Gasteiger partial charge on any atom is 0.244 e. The van der Waals surface area contributed by atoms with Crippen molar-refractivity contribution in [1.29, 1.82) is 0 Å². The van der Waals surface area contributed by atoms with Crippen LogP contribution in [0.25, 0.3) is 0 Å². The highest BCUT2D eigenvalue weighted by Gasteiger charge is 2.18. The number of aromatic nitrogens is 2. The van der Waals surface area contributed by atoms with Gasteiger partial charge in [-0.25, -0.2) is 9.97 Å². The van der Waals surface area contributed by atoms with Crippen molar-refractivity contribution in [2.75, 3.05) is 36.5 Å². The van der Waals surface area contributed by atoms with Crippen molar-refractivity contribution in [3.63, 3.8) is 0 Å². The molecule has 7 heteroatoms. The molecule has 1 unspecified atom stereocenters. The van der Waals surface area contributed by atoms with Crippen LogP contribution in [0.3, 0.4) is 0 Å². The van der Waals surface area contributed by atoms with E-state index in [4.69, 9.17) is 0 Å². The Hall–Kier alpha value is -1.50. The average Bonchev–Trinajstić information content (AvgIpc) is 2.48. The molecular formula is C14H25N5OS. The zero-order valence-corrected chi connectivity index (χ0v) is 14.3. The van der Waals surface area contributed by atoms with Crippen LogP contribution >= 0.6 is 11.8 Å². The van der Waals surface area contributed by atoms with Gasteiger partial charge in [0.25, 0.3) is 0 Å². The van der Waals surface area contributed by atoms with E-state index in [0.717, 1.165) is 12.4 Å². The third-order valence-corrected chi connectivity index (χ3v) is 3.60. The first-order valence-electron chi connectivity index (χ1n) is 7.27. The molecule has 118 valence electrons. The van der Waals surface area contributed by atoms with Gasteiger partial charge in [0.05, 0.1) is 0 Å². The molecule has 0 fully saturated rings. The maximum absolute atomic E-state index is 12.3. The van der Waals surface area contributed by atoms with Gasteiger partial charge in [-0.3, -0.25) is 4.79 Å². The van der Waals surface area contributed by atoms with E-state index in [0.29, 0.717) is 24.1 Å². The Morgan fingerprint density at radius 1 is 1.29 bits per heavy atom. The molecule has 21 heavy (non-hydrogen) atoms. The second kappa shape index (κ2) is 8.71. The highest BCUT2D eigenvalue weighted by atomic mass is 32.2. The molecule has 0 bridgehead atoms. The summed E-state index contributed by atoms with van der Waals surface area (Å²) in [4.78, 5) is 22.8. The number of carbonyl (C=O) groups is 1. The fourth-order valence-corrected chi connectivity index (χ4v) is 2.33. The number of thioether (sulfide) groups is 1. The second-order valence-electron chi connectivity index (χ2n) is 4.53. The summed E-state index contributed by atoms with van der Waals surface area (Å²) in [5.41, 5.74) is 0. The molecule has 0 aromatic carbocycles. The van der Waals surface area contributed by atoms with Crippen molar-refractivity contribution < 1.29 is 4.79 Å². The molecule has 0 spiro atoms. The van der Waals surface area contributed by atoms with E-state index in [2.05, 4.69) is 20.6 Å². The van der Waals surface area contributed by atoms with Crippen LogP contribution in [0.4, 0.5) is 11.6 Å². The van der Waals surface area contributed by atoms with E-state index < -0.39 is 0 Å². The quantitative estimate of drug-likeness (QED) is 0.567. The molecule has 0 saturated heterocycles. The van der Waals surface area contributed by atoms with Gasteiger partial charge in [0.15, 0.2) is 5.16 Å². The number of amides is 1. The molecule has 1 amide bonds. The highest BCUT2D eigenvalue weighted by Crippen LogP contribution is 2.18. The van der Waals surface area contributed by atoms with E-state index in [1.807, 2.05) is 40.0 Å². The molecule has 0 aliphatic rings. The molecule has 6 nitrogen and oxygen atoms in total. The van der Waals surface area contributed by atoms with Crippen molar-refractivity contribution in [3.05, 3.63) is 6.07 Å². The van der Waals surface area contributed by atoms with E-state index in [9.17, 15) is 4.79 Å². The minimum Gasteiger partial charge on any atom is -0.370 e. The normalized spacial score (nSPS) is 11.9. The van der Waals surface area contributed by atoms with Gasteiger partial charge >= 0.3 is 0 Å². The van der Waals surface area contributed by atoms with Crippen molar-refractivity contribution in [1.82, 2.24) is 14.9 Å². The van der Waals surface area contributed by atoms with Gasteiger partial charge in [-0.2, -0.15) is 0 Å². The minimum atomic E-state index is -0.316. The largest absolute Gasteiger partial charge is 0.370 e. The summed E-state index contributed by atoms with van der Waals surface area (Å²) in [6, 6.07) is 1.51. The van der Waals surface area contributed by atoms with E-state index >= 15 is 0 Å². The van der Waals surface area contributed by atoms with E-state index in [1.54, 1.807) is 4.90 Å². The molecule has 1 rings (SSSR count). The van der Waals surface area contributed by atoms with Gasteiger partial charge in [0.1, 0.15) is 17.7 Å². The number of hydrogen-bond donors (Lipinski definition) is 2. The number of nitrogens with zero attached hydrogens (tertiary/aromatic N) is 3. The van der Waals surface area contributed by atoms with Crippen LogP contribution in [0.5, 0.6) is 0 Å². The summed E-state index contributed by atoms with van der Waals surface area (Å²) in [6.45, 7) is 10.0. The fraction of sp³-hybridized carbons (Fsp3) is 0.643. The zero-order valence-electron chi connectivity index (χ0n) is 13.4. The number of rotatable bonds is 8. The molecule has 0 aliphatic carbocycles. The number of carbonyl (C=O) groups excluding carboxylic acids is 1. The van der Waals surface area contributed by atoms with Gasteiger partial charge in [0, 0.05) is 25.7 Å². The molecule has 0 saturated carbocycles. The van der Waals surface area contributed by atoms with Crippen LogP contribution in [-0.4, -0.2) is 52.7 Å². The first-order chi connectivity index (χ1) is 10.0. The smallest absolute Gasteiger partial charge is 0.244 e. The van der Waals surface area contributed by atoms with Crippen molar-refractivity contribution in [2.24, 2.45) is 0 Å². The Kier molecular flexibility index (Phi) is 7.28. The third kappa shape index (κ3) is 5.08. The molecule has 0 radical (unpaired) electrons. The van der Waals surface area contributed by atoms with Crippen LogP contribution < -0.4 is 10.6 Å². The Balaban J connectivity index is 2.85. The predicted octanol–water partition coefficient (Wildman–Crippen LogP) is 2.30. The van der Waals surface area contributed by atoms with Crippen LogP contribution in [0, 0.1) is 0 Å². The molecule has 1 atom stereocenters. The number of anilines is 2. The van der Waals surface area contributed by atoms with Crippen molar-refractivity contribution >= 4 is 29.3 Å². The second-order valence-corrected chi connectivity index (χ2v) is 5.31. The van der Waals surface area contributed by atoms with E-state index in [1.165, 1.54) is 11.8 Å². The zero-order chi connectivity index (χ0) is 15.8. The standard InChI is InChI=1S/C14H25N5OS/c1-6-15-11-9-12(18-14(17-11)21-5)16-10(4)13(20)19(7-2)8-3/h9-10H,6-8H2,1-5H3,(H2,15,16,17,18). The SMILES string of the molecule is CCNc1cc(NC(C)C(=O)N(CC)CC)nc(SC)n1. The average molecular weight is 311 g/mol.